The van der Waals surface area contributed by atoms with Crippen molar-refractivity contribution in [2.45, 2.75) is 18.2 Å². The molecule has 2 rings (SSSR count). The maximum absolute atomic E-state index is 3.79. The summed E-state index contributed by atoms with van der Waals surface area (Å²) < 4.78 is 3.40. The highest BCUT2D eigenvalue weighted by molar-refractivity contribution is 9.11. The monoisotopic (exact) mass is 508 g/mol. The van der Waals surface area contributed by atoms with Crippen LogP contribution in [0.3, 0.4) is 0 Å². The van der Waals surface area contributed by atoms with Crippen LogP contribution < -0.4 is 0 Å². The van der Waals surface area contributed by atoms with E-state index in [2.05, 4.69) is 107 Å². The lowest BCUT2D eigenvalue weighted by atomic mass is 10.0. The van der Waals surface area contributed by atoms with E-state index in [0.29, 0.717) is 4.83 Å². The van der Waals surface area contributed by atoms with Crippen LogP contribution in [-0.4, -0.2) is 0 Å². The Hall–Kier alpha value is 0.360. The third kappa shape index (κ3) is 4.16. The van der Waals surface area contributed by atoms with Gasteiger partial charge in [-0.05, 0) is 54.3 Å². The first-order valence-corrected chi connectivity index (χ1v) is 9.11. The lowest BCUT2D eigenvalue weighted by Crippen LogP contribution is -1.97. The number of aryl methyl sites for hydroxylation is 1. The number of hydrogen-bond acceptors (Lipinski definition) is 0. The molecule has 2 aromatic carbocycles. The lowest BCUT2D eigenvalue weighted by Gasteiger charge is -2.14. The summed E-state index contributed by atoms with van der Waals surface area (Å²) in [5.41, 5.74) is 3.81. The quantitative estimate of drug-likeness (QED) is 0.391. The summed E-state index contributed by atoms with van der Waals surface area (Å²) in [7, 11) is 0. The Kier molecular flexibility index (Phi) is 5.70. The van der Waals surface area contributed by atoms with E-state index >= 15 is 0 Å². The van der Waals surface area contributed by atoms with E-state index in [4.69, 9.17) is 0 Å². The number of rotatable bonds is 3. The molecule has 0 bridgehead atoms. The van der Waals surface area contributed by atoms with Crippen molar-refractivity contribution < 1.29 is 0 Å². The minimum absolute atomic E-state index is 0.292. The predicted octanol–water partition coefficient (Wildman–Crippen LogP) is 6.96. The molecule has 0 N–H and O–H groups in total. The highest BCUT2D eigenvalue weighted by Gasteiger charge is 2.13. The zero-order valence-corrected chi connectivity index (χ0v) is 16.6. The first-order valence-electron chi connectivity index (χ1n) is 5.81. The van der Waals surface area contributed by atoms with Crippen LogP contribution in [0.2, 0.25) is 0 Å². The summed E-state index contributed by atoms with van der Waals surface area (Å²) >= 11 is 14.5. The van der Waals surface area contributed by atoms with Gasteiger partial charge in [0.2, 0.25) is 0 Å². The van der Waals surface area contributed by atoms with Crippen molar-refractivity contribution in [3.63, 3.8) is 0 Å². The minimum atomic E-state index is 0.292. The molecule has 0 saturated heterocycles. The second-order valence-electron chi connectivity index (χ2n) is 4.42. The van der Waals surface area contributed by atoms with Crippen molar-refractivity contribution in [3.8, 4) is 0 Å². The fraction of sp³-hybridized carbons (Fsp3) is 0.200. The summed E-state index contributed by atoms with van der Waals surface area (Å²) in [5.74, 6) is 0. The van der Waals surface area contributed by atoms with Crippen LogP contribution in [0, 0.1) is 6.92 Å². The summed E-state index contributed by atoms with van der Waals surface area (Å²) in [6.07, 6.45) is 0.960. The van der Waals surface area contributed by atoms with Crippen molar-refractivity contribution in [1.29, 1.82) is 0 Å². The van der Waals surface area contributed by atoms with E-state index in [0.717, 1.165) is 19.8 Å². The molecule has 0 saturated carbocycles. The molecule has 0 heterocycles. The van der Waals surface area contributed by atoms with Gasteiger partial charge in [0.1, 0.15) is 0 Å². The Bertz CT molecular complexity index is 575. The SMILES string of the molecule is Cc1cc(Br)c(C(Br)Cc2ccc(Br)cc2)cc1Br. The van der Waals surface area contributed by atoms with Gasteiger partial charge >= 0.3 is 0 Å². The van der Waals surface area contributed by atoms with E-state index in [1.807, 2.05) is 0 Å². The minimum Gasteiger partial charge on any atom is -0.0835 e. The number of halogens is 4. The van der Waals surface area contributed by atoms with Gasteiger partial charge in [0, 0.05) is 18.2 Å². The molecule has 1 unspecified atom stereocenters. The van der Waals surface area contributed by atoms with Crippen molar-refractivity contribution in [2.75, 3.05) is 0 Å². The average molecular weight is 512 g/mol. The van der Waals surface area contributed by atoms with Gasteiger partial charge in [-0.3, -0.25) is 0 Å². The topological polar surface area (TPSA) is 0 Å². The fourth-order valence-corrected chi connectivity index (χ4v) is 4.26. The van der Waals surface area contributed by atoms with E-state index < -0.39 is 0 Å². The number of hydrogen-bond donors (Lipinski definition) is 0. The van der Waals surface area contributed by atoms with Crippen LogP contribution in [0.4, 0.5) is 0 Å². The van der Waals surface area contributed by atoms with Crippen LogP contribution in [0.5, 0.6) is 0 Å². The van der Waals surface area contributed by atoms with Crippen molar-refractivity contribution in [3.05, 3.63) is 66.5 Å². The molecule has 0 aliphatic heterocycles. The third-order valence-electron chi connectivity index (χ3n) is 2.94. The molecule has 0 nitrogen and oxygen atoms in total. The lowest BCUT2D eigenvalue weighted by molar-refractivity contribution is 0.940. The highest BCUT2D eigenvalue weighted by atomic mass is 79.9. The molecule has 0 aromatic heterocycles. The molecule has 1 atom stereocenters. The zero-order valence-electron chi connectivity index (χ0n) is 10.3. The number of alkyl halides is 1. The standard InChI is InChI=1S/C15H12Br4/c1-9-6-14(18)12(8-13(9)17)15(19)7-10-2-4-11(16)5-3-10/h2-6,8,15H,7H2,1H3. The molecular weight excluding hydrogens is 500 g/mol. The Balaban J connectivity index is 2.22. The Morgan fingerprint density at radius 1 is 0.947 bits per heavy atom. The molecule has 0 aliphatic carbocycles. The molecule has 4 heteroatoms. The van der Waals surface area contributed by atoms with Crippen molar-refractivity contribution in [2.24, 2.45) is 0 Å². The highest BCUT2D eigenvalue weighted by Crippen LogP contribution is 2.36. The van der Waals surface area contributed by atoms with Gasteiger partial charge in [0.05, 0.1) is 0 Å². The summed E-state index contributed by atoms with van der Waals surface area (Å²) in [5, 5.41) is 0. The van der Waals surface area contributed by atoms with Gasteiger partial charge in [-0.2, -0.15) is 0 Å². The molecule has 19 heavy (non-hydrogen) atoms. The van der Waals surface area contributed by atoms with Crippen LogP contribution in [0.25, 0.3) is 0 Å². The molecule has 0 fully saturated rings. The van der Waals surface area contributed by atoms with Gasteiger partial charge in [-0.25, -0.2) is 0 Å². The smallest absolute Gasteiger partial charge is 0.0447 e. The average Bonchev–Trinajstić information content (AvgIpc) is 2.36. The van der Waals surface area contributed by atoms with Crippen LogP contribution in [-0.2, 0) is 6.42 Å². The second-order valence-corrected chi connectivity index (χ2v) is 8.15. The molecule has 100 valence electrons. The maximum Gasteiger partial charge on any atom is 0.0447 e. The third-order valence-corrected chi connectivity index (χ3v) is 5.83. The van der Waals surface area contributed by atoms with Crippen LogP contribution in [0.1, 0.15) is 21.5 Å². The normalized spacial score (nSPS) is 12.5. The largest absolute Gasteiger partial charge is 0.0835 e. The van der Waals surface area contributed by atoms with Gasteiger partial charge < -0.3 is 0 Å². The summed E-state index contributed by atoms with van der Waals surface area (Å²) in [6.45, 7) is 2.09. The molecule has 2 aromatic rings. The first-order chi connectivity index (χ1) is 8.97. The predicted molar refractivity (Wildman–Crippen MR) is 96.1 cm³/mol. The molecule has 0 aliphatic rings. The van der Waals surface area contributed by atoms with Crippen molar-refractivity contribution >= 4 is 63.7 Å². The maximum atomic E-state index is 3.79. The fourth-order valence-electron chi connectivity index (χ4n) is 1.84. The summed E-state index contributed by atoms with van der Waals surface area (Å²) in [4.78, 5) is 0.292. The van der Waals surface area contributed by atoms with Gasteiger partial charge in [0.25, 0.3) is 0 Å². The van der Waals surface area contributed by atoms with E-state index in [1.54, 1.807) is 0 Å². The van der Waals surface area contributed by atoms with Crippen LogP contribution >= 0.6 is 63.7 Å². The number of benzene rings is 2. The van der Waals surface area contributed by atoms with Gasteiger partial charge in [-0.15, -0.1) is 0 Å². The summed E-state index contributed by atoms with van der Waals surface area (Å²) in [6, 6.07) is 12.8. The molecular formula is C15H12Br4. The zero-order chi connectivity index (χ0) is 14.0. The molecule has 0 amide bonds. The molecule has 0 radical (unpaired) electrons. The van der Waals surface area contributed by atoms with Crippen LogP contribution in [0.15, 0.2) is 49.8 Å². The van der Waals surface area contributed by atoms with Crippen molar-refractivity contribution in [1.82, 2.24) is 0 Å². The Labute approximate surface area is 147 Å². The second kappa shape index (κ2) is 6.88. The van der Waals surface area contributed by atoms with Gasteiger partial charge in [-0.1, -0.05) is 75.9 Å². The van der Waals surface area contributed by atoms with Gasteiger partial charge in [0.15, 0.2) is 0 Å². The molecule has 0 spiro atoms. The first kappa shape index (κ1) is 15.7. The van der Waals surface area contributed by atoms with E-state index in [-0.39, 0.29) is 0 Å². The van der Waals surface area contributed by atoms with E-state index in [9.17, 15) is 0 Å². The Morgan fingerprint density at radius 3 is 2.21 bits per heavy atom. The Morgan fingerprint density at radius 2 is 1.58 bits per heavy atom. The van der Waals surface area contributed by atoms with E-state index in [1.165, 1.54) is 16.7 Å².